The van der Waals surface area contributed by atoms with Crippen LogP contribution in [0.3, 0.4) is 0 Å². The summed E-state index contributed by atoms with van der Waals surface area (Å²) >= 11 is 0. The molecular weight excluding hydrogens is 302 g/mol. The van der Waals surface area contributed by atoms with Gasteiger partial charge in [-0.25, -0.2) is 4.98 Å². The third kappa shape index (κ3) is 3.61. The van der Waals surface area contributed by atoms with E-state index >= 15 is 0 Å². The van der Waals surface area contributed by atoms with Crippen LogP contribution in [0.5, 0.6) is 5.75 Å². The second-order valence-corrected chi connectivity index (χ2v) is 5.42. The molecule has 1 aromatic heterocycles. The summed E-state index contributed by atoms with van der Waals surface area (Å²) in [6.45, 7) is 0.589. The molecule has 3 aromatic rings. The van der Waals surface area contributed by atoms with Gasteiger partial charge in [-0.15, -0.1) is 0 Å². The highest BCUT2D eigenvalue weighted by molar-refractivity contribution is 5.79. The summed E-state index contributed by atoms with van der Waals surface area (Å²) in [4.78, 5) is 19.4. The molecule has 0 saturated carbocycles. The zero-order valence-corrected chi connectivity index (χ0v) is 13.2. The van der Waals surface area contributed by atoms with Crippen molar-refractivity contribution in [2.45, 2.75) is 19.3 Å². The minimum absolute atomic E-state index is 0.145. The Bertz CT molecular complexity index is 924. The number of nitriles is 1. The molecule has 1 N–H and O–H groups in total. The molecule has 0 atom stereocenters. The lowest BCUT2D eigenvalue weighted by molar-refractivity contribution is 0.307. The Kier molecular flexibility index (Phi) is 4.87. The molecule has 5 heteroatoms. The summed E-state index contributed by atoms with van der Waals surface area (Å²) in [7, 11) is 0. The lowest BCUT2D eigenvalue weighted by Crippen LogP contribution is -2.09. The summed E-state index contributed by atoms with van der Waals surface area (Å²) in [5, 5.41) is 9.07. The van der Waals surface area contributed by atoms with E-state index in [-0.39, 0.29) is 5.56 Å². The number of fused-ring (bicyclic) bond motifs is 1. The van der Waals surface area contributed by atoms with Gasteiger partial charge in [-0.05, 0) is 49.2 Å². The Labute approximate surface area is 139 Å². The fourth-order valence-electron chi connectivity index (χ4n) is 2.43. The number of aromatic nitrogens is 2. The number of nitrogens with zero attached hydrogens (tertiary/aromatic N) is 2. The standard InChI is InChI=1S/C19H17N3O2/c20-12-4-1-5-13-24-15-10-8-14(9-11-15)18-21-17-7-3-2-6-16(17)19(23)22-18/h2-3,6-11H,1,4-5,13H2,(H,21,22,23). The smallest absolute Gasteiger partial charge is 0.259 e. The van der Waals surface area contributed by atoms with E-state index in [4.69, 9.17) is 10.00 Å². The van der Waals surface area contributed by atoms with Gasteiger partial charge in [-0.1, -0.05) is 12.1 Å². The van der Waals surface area contributed by atoms with E-state index in [9.17, 15) is 4.79 Å². The van der Waals surface area contributed by atoms with Crippen molar-refractivity contribution < 1.29 is 4.74 Å². The SMILES string of the molecule is N#CCCCCOc1ccc(-c2nc3ccccc3c(=O)[nH]2)cc1. The number of ether oxygens (including phenoxy) is 1. The van der Waals surface area contributed by atoms with Crippen LogP contribution in [0.1, 0.15) is 19.3 Å². The zero-order chi connectivity index (χ0) is 16.8. The van der Waals surface area contributed by atoms with Gasteiger partial charge in [0.15, 0.2) is 0 Å². The molecule has 0 unspecified atom stereocenters. The van der Waals surface area contributed by atoms with Crippen molar-refractivity contribution in [2.24, 2.45) is 0 Å². The highest BCUT2D eigenvalue weighted by Crippen LogP contribution is 2.20. The number of benzene rings is 2. The van der Waals surface area contributed by atoms with Crippen molar-refractivity contribution in [1.29, 1.82) is 5.26 Å². The molecule has 5 nitrogen and oxygen atoms in total. The molecule has 3 rings (SSSR count). The second-order valence-electron chi connectivity index (χ2n) is 5.42. The quantitative estimate of drug-likeness (QED) is 0.703. The highest BCUT2D eigenvalue weighted by atomic mass is 16.5. The number of hydrogen-bond donors (Lipinski definition) is 1. The average molecular weight is 319 g/mol. The monoisotopic (exact) mass is 319 g/mol. The van der Waals surface area contributed by atoms with E-state index in [0.717, 1.165) is 24.2 Å². The molecule has 0 radical (unpaired) electrons. The maximum absolute atomic E-state index is 12.1. The lowest BCUT2D eigenvalue weighted by atomic mass is 10.2. The van der Waals surface area contributed by atoms with Crippen molar-refractivity contribution in [1.82, 2.24) is 9.97 Å². The Morgan fingerprint density at radius 1 is 1.08 bits per heavy atom. The largest absolute Gasteiger partial charge is 0.494 e. The van der Waals surface area contributed by atoms with Gasteiger partial charge in [0.2, 0.25) is 0 Å². The number of nitrogens with one attached hydrogen (secondary N) is 1. The topological polar surface area (TPSA) is 78.8 Å². The van der Waals surface area contributed by atoms with Crippen LogP contribution in [0, 0.1) is 11.3 Å². The Morgan fingerprint density at radius 3 is 2.67 bits per heavy atom. The van der Waals surface area contributed by atoms with E-state index in [1.165, 1.54) is 0 Å². The van der Waals surface area contributed by atoms with E-state index in [0.29, 0.717) is 29.8 Å². The van der Waals surface area contributed by atoms with E-state index in [2.05, 4.69) is 16.0 Å². The normalized spacial score (nSPS) is 10.5. The predicted octanol–water partition coefficient (Wildman–Crippen LogP) is 3.66. The Hall–Kier alpha value is -3.13. The average Bonchev–Trinajstić information content (AvgIpc) is 2.62. The van der Waals surface area contributed by atoms with E-state index < -0.39 is 0 Å². The van der Waals surface area contributed by atoms with Gasteiger partial charge in [-0.2, -0.15) is 5.26 Å². The molecule has 0 spiro atoms. The summed E-state index contributed by atoms with van der Waals surface area (Å²) < 4.78 is 5.64. The number of aromatic amines is 1. The number of unbranched alkanes of at least 4 members (excludes halogenated alkanes) is 2. The summed E-state index contributed by atoms with van der Waals surface area (Å²) in [5.74, 6) is 1.30. The maximum atomic E-state index is 12.1. The van der Waals surface area contributed by atoms with Crippen LogP contribution >= 0.6 is 0 Å². The molecule has 0 amide bonds. The minimum atomic E-state index is -0.145. The predicted molar refractivity (Wildman–Crippen MR) is 92.8 cm³/mol. The molecule has 0 fully saturated rings. The van der Waals surface area contributed by atoms with Crippen LogP contribution in [-0.2, 0) is 0 Å². The molecule has 0 saturated heterocycles. The van der Waals surface area contributed by atoms with Crippen LogP contribution in [0.4, 0.5) is 0 Å². The van der Waals surface area contributed by atoms with Gasteiger partial charge >= 0.3 is 0 Å². The van der Waals surface area contributed by atoms with Gasteiger partial charge in [0.1, 0.15) is 11.6 Å². The van der Waals surface area contributed by atoms with Gasteiger partial charge in [0.25, 0.3) is 5.56 Å². The molecule has 0 aliphatic carbocycles. The number of para-hydroxylation sites is 1. The van der Waals surface area contributed by atoms with Crippen LogP contribution < -0.4 is 10.3 Å². The number of rotatable bonds is 6. The van der Waals surface area contributed by atoms with Crippen LogP contribution in [0.2, 0.25) is 0 Å². The molecule has 24 heavy (non-hydrogen) atoms. The molecular formula is C19H17N3O2. The van der Waals surface area contributed by atoms with Gasteiger partial charge < -0.3 is 9.72 Å². The van der Waals surface area contributed by atoms with Crippen molar-refractivity contribution in [3.05, 3.63) is 58.9 Å². The fraction of sp³-hybridized carbons (Fsp3) is 0.211. The van der Waals surface area contributed by atoms with E-state index in [1.54, 1.807) is 6.07 Å². The van der Waals surface area contributed by atoms with Gasteiger partial charge in [0.05, 0.1) is 23.6 Å². The Balaban J connectivity index is 1.74. The first-order valence-corrected chi connectivity index (χ1v) is 7.87. The second kappa shape index (κ2) is 7.42. The van der Waals surface area contributed by atoms with Crippen molar-refractivity contribution in [3.63, 3.8) is 0 Å². The summed E-state index contributed by atoms with van der Waals surface area (Å²) in [5.41, 5.74) is 1.36. The van der Waals surface area contributed by atoms with Crippen molar-refractivity contribution >= 4 is 10.9 Å². The fourth-order valence-corrected chi connectivity index (χ4v) is 2.43. The molecule has 1 heterocycles. The molecule has 120 valence electrons. The van der Waals surface area contributed by atoms with Gasteiger partial charge in [0, 0.05) is 12.0 Å². The maximum Gasteiger partial charge on any atom is 0.259 e. The van der Waals surface area contributed by atoms with Crippen LogP contribution in [0.15, 0.2) is 53.3 Å². The third-order valence-corrected chi connectivity index (χ3v) is 3.69. The van der Waals surface area contributed by atoms with Crippen LogP contribution in [0.25, 0.3) is 22.3 Å². The number of H-pyrrole nitrogens is 1. The first-order valence-electron chi connectivity index (χ1n) is 7.87. The molecule has 0 aliphatic rings. The highest BCUT2D eigenvalue weighted by Gasteiger charge is 2.05. The minimum Gasteiger partial charge on any atom is -0.494 e. The first-order chi connectivity index (χ1) is 11.8. The van der Waals surface area contributed by atoms with Crippen molar-refractivity contribution in [2.75, 3.05) is 6.61 Å². The lowest BCUT2D eigenvalue weighted by Gasteiger charge is -2.07. The summed E-state index contributed by atoms with van der Waals surface area (Å²) in [6, 6.07) is 16.8. The molecule has 0 bridgehead atoms. The van der Waals surface area contributed by atoms with Crippen molar-refractivity contribution in [3.8, 4) is 23.2 Å². The van der Waals surface area contributed by atoms with Gasteiger partial charge in [-0.3, -0.25) is 4.79 Å². The molecule has 2 aromatic carbocycles. The third-order valence-electron chi connectivity index (χ3n) is 3.69. The summed E-state index contributed by atoms with van der Waals surface area (Å²) in [6.07, 6.45) is 2.26. The zero-order valence-electron chi connectivity index (χ0n) is 13.2. The van der Waals surface area contributed by atoms with Crippen LogP contribution in [-0.4, -0.2) is 16.6 Å². The van der Waals surface area contributed by atoms with E-state index in [1.807, 2.05) is 42.5 Å². The molecule has 0 aliphatic heterocycles. The Morgan fingerprint density at radius 2 is 1.88 bits per heavy atom. The number of hydrogen-bond acceptors (Lipinski definition) is 4. The first kappa shape index (κ1) is 15.8.